The number of aromatic nitrogens is 2. The third-order valence-electron chi connectivity index (χ3n) is 5.95. The minimum absolute atomic E-state index is 0.124. The fraction of sp³-hybridized carbons (Fsp3) is 0.500. The molecule has 2 saturated carbocycles. The highest BCUT2D eigenvalue weighted by Gasteiger charge is 2.40. The van der Waals surface area contributed by atoms with Crippen LogP contribution in [0, 0.1) is 24.7 Å². The molecule has 2 aliphatic carbocycles. The van der Waals surface area contributed by atoms with Gasteiger partial charge in [-0.05, 0) is 61.6 Å². The standard InChI is InChI=1S/C20H24BrN3O/c1-12-19(14-5-7-17(21)8-6-14)20(24(2)23-12)22-18(25)11-16-10-13-3-4-15(16)9-13/h5-8,13,15-16H,3-4,9-11H2,1-2H3,(H,22,25). The molecule has 1 aromatic heterocycles. The summed E-state index contributed by atoms with van der Waals surface area (Å²) < 4.78 is 2.82. The van der Waals surface area contributed by atoms with Gasteiger partial charge in [0, 0.05) is 23.5 Å². The lowest BCUT2D eigenvalue weighted by molar-refractivity contribution is -0.117. The molecule has 1 aromatic carbocycles. The van der Waals surface area contributed by atoms with Gasteiger partial charge < -0.3 is 5.32 Å². The lowest BCUT2D eigenvalue weighted by Gasteiger charge is -2.21. The van der Waals surface area contributed by atoms with E-state index in [1.54, 1.807) is 4.68 Å². The smallest absolute Gasteiger partial charge is 0.225 e. The van der Waals surface area contributed by atoms with E-state index < -0.39 is 0 Å². The molecule has 25 heavy (non-hydrogen) atoms. The molecule has 2 fully saturated rings. The first-order chi connectivity index (χ1) is 12.0. The molecule has 4 rings (SSSR count). The Bertz CT molecular complexity index is 796. The lowest BCUT2D eigenvalue weighted by atomic mass is 9.86. The second-order valence-corrected chi connectivity index (χ2v) is 8.54. The molecule has 3 unspecified atom stereocenters. The third-order valence-corrected chi connectivity index (χ3v) is 6.47. The van der Waals surface area contributed by atoms with Crippen LogP contribution in [0.15, 0.2) is 28.7 Å². The van der Waals surface area contributed by atoms with Gasteiger partial charge in [0.1, 0.15) is 5.82 Å². The molecule has 5 heteroatoms. The summed E-state index contributed by atoms with van der Waals surface area (Å²) in [6, 6.07) is 8.14. The van der Waals surface area contributed by atoms with Crippen LogP contribution in [0.5, 0.6) is 0 Å². The number of carbonyl (C=O) groups is 1. The quantitative estimate of drug-likeness (QED) is 0.789. The molecule has 4 nitrogen and oxygen atoms in total. The van der Waals surface area contributed by atoms with Gasteiger partial charge in [0.05, 0.1) is 5.69 Å². The van der Waals surface area contributed by atoms with Gasteiger partial charge in [0.25, 0.3) is 0 Å². The Labute approximate surface area is 157 Å². The predicted molar refractivity (Wildman–Crippen MR) is 103 cm³/mol. The number of nitrogens with one attached hydrogen (secondary N) is 1. The molecule has 1 heterocycles. The predicted octanol–water partition coefficient (Wildman–Crippen LogP) is 4.92. The second-order valence-electron chi connectivity index (χ2n) is 7.63. The largest absolute Gasteiger partial charge is 0.310 e. The van der Waals surface area contributed by atoms with E-state index in [0.29, 0.717) is 12.3 Å². The molecule has 2 bridgehead atoms. The zero-order chi connectivity index (χ0) is 17.6. The van der Waals surface area contributed by atoms with Crippen molar-refractivity contribution in [2.24, 2.45) is 24.8 Å². The van der Waals surface area contributed by atoms with Crippen molar-refractivity contribution < 1.29 is 4.79 Å². The number of carbonyl (C=O) groups excluding carboxylic acids is 1. The first-order valence-corrected chi connectivity index (χ1v) is 9.90. The van der Waals surface area contributed by atoms with Crippen LogP contribution in [0.4, 0.5) is 5.82 Å². The highest BCUT2D eigenvalue weighted by atomic mass is 79.9. The monoisotopic (exact) mass is 401 g/mol. The first kappa shape index (κ1) is 16.8. The fourth-order valence-electron chi connectivity index (χ4n) is 4.81. The van der Waals surface area contributed by atoms with E-state index in [4.69, 9.17) is 0 Å². The van der Waals surface area contributed by atoms with Crippen LogP contribution in [0.25, 0.3) is 11.1 Å². The van der Waals surface area contributed by atoms with Crippen LogP contribution < -0.4 is 5.32 Å². The average Bonchev–Trinajstić information content (AvgIpc) is 3.24. The molecule has 1 N–H and O–H groups in total. The first-order valence-electron chi connectivity index (χ1n) is 9.10. The Balaban J connectivity index is 1.54. The van der Waals surface area contributed by atoms with E-state index in [1.807, 2.05) is 26.1 Å². The second kappa shape index (κ2) is 6.60. The summed E-state index contributed by atoms with van der Waals surface area (Å²) >= 11 is 3.47. The van der Waals surface area contributed by atoms with Gasteiger partial charge in [-0.2, -0.15) is 5.10 Å². The molecular weight excluding hydrogens is 378 g/mol. The van der Waals surface area contributed by atoms with Gasteiger partial charge in [-0.1, -0.05) is 34.5 Å². The van der Waals surface area contributed by atoms with Crippen LogP contribution in [0.2, 0.25) is 0 Å². The average molecular weight is 402 g/mol. The van der Waals surface area contributed by atoms with Gasteiger partial charge >= 0.3 is 0 Å². The van der Waals surface area contributed by atoms with Crippen LogP contribution >= 0.6 is 15.9 Å². The maximum Gasteiger partial charge on any atom is 0.225 e. The van der Waals surface area contributed by atoms with Crippen LogP contribution in [-0.2, 0) is 11.8 Å². The summed E-state index contributed by atoms with van der Waals surface area (Å²) in [6.07, 6.45) is 5.91. The Kier molecular flexibility index (Phi) is 4.44. The highest BCUT2D eigenvalue weighted by molar-refractivity contribution is 9.10. The SMILES string of the molecule is Cc1nn(C)c(NC(=O)CC2CC3CCC2C3)c1-c1ccc(Br)cc1. The van der Waals surface area contributed by atoms with Gasteiger partial charge in [-0.3, -0.25) is 9.48 Å². The van der Waals surface area contributed by atoms with Crippen molar-refractivity contribution in [1.82, 2.24) is 9.78 Å². The summed E-state index contributed by atoms with van der Waals surface area (Å²) in [5.74, 6) is 3.14. The van der Waals surface area contributed by atoms with E-state index in [9.17, 15) is 4.79 Å². The van der Waals surface area contributed by atoms with E-state index in [2.05, 4.69) is 38.5 Å². The number of aryl methyl sites for hydroxylation is 2. The topological polar surface area (TPSA) is 46.9 Å². The zero-order valence-electron chi connectivity index (χ0n) is 14.8. The highest BCUT2D eigenvalue weighted by Crippen LogP contribution is 2.49. The van der Waals surface area contributed by atoms with Crippen molar-refractivity contribution in [2.75, 3.05) is 5.32 Å². The number of amides is 1. The van der Waals surface area contributed by atoms with Crippen LogP contribution in [0.1, 0.15) is 37.8 Å². The van der Waals surface area contributed by atoms with Crippen molar-refractivity contribution in [2.45, 2.75) is 39.0 Å². The molecule has 1 amide bonds. The van der Waals surface area contributed by atoms with E-state index >= 15 is 0 Å². The Morgan fingerprint density at radius 1 is 1.28 bits per heavy atom. The maximum atomic E-state index is 12.7. The molecule has 0 saturated heterocycles. The normalized spacial score (nSPS) is 24.7. The molecule has 0 spiro atoms. The van der Waals surface area contributed by atoms with Crippen molar-refractivity contribution in [1.29, 1.82) is 0 Å². The van der Waals surface area contributed by atoms with Gasteiger partial charge in [-0.25, -0.2) is 0 Å². The summed E-state index contributed by atoms with van der Waals surface area (Å²) in [5, 5.41) is 7.67. The number of halogens is 1. The number of hydrogen-bond donors (Lipinski definition) is 1. The maximum absolute atomic E-state index is 12.7. The van der Waals surface area contributed by atoms with Crippen molar-refractivity contribution in [3.8, 4) is 11.1 Å². The van der Waals surface area contributed by atoms with E-state index in [1.165, 1.54) is 25.7 Å². The summed E-state index contributed by atoms with van der Waals surface area (Å²) in [7, 11) is 1.89. The van der Waals surface area contributed by atoms with E-state index in [-0.39, 0.29) is 5.91 Å². The number of anilines is 1. The number of nitrogens with zero attached hydrogens (tertiary/aromatic N) is 2. The molecule has 132 valence electrons. The summed E-state index contributed by atoms with van der Waals surface area (Å²) in [5.41, 5.74) is 3.01. The summed E-state index contributed by atoms with van der Waals surface area (Å²) in [6.45, 7) is 1.99. The molecule has 3 atom stereocenters. The van der Waals surface area contributed by atoms with Crippen LogP contribution in [-0.4, -0.2) is 15.7 Å². The van der Waals surface area contributed by atoms with E-state index in [0.717, 1.165) is 38.9 Å². The van der Waals surface area contributed by atoms with Gasteiger partial charge in [0.15, 0.2) is 0 Å². The number of fused-ring (bicyclic) bond motifs is 2. The number of benzene rings is 1. The van der Waals surface area contributed by atoms with Crippen molar-refractivity contribution in [3.05, 3.63) is 34.4 Å². The van der Waals surface area contributed by atoms with Gasteiger partial charge in [-0.15, -0.1) is 0 Å². The zero-order valence-corrected chi connectivity index (χ0v) is 16.3. The fourth-order valence-corrected chi connectivity index (χ4v) is 5.08. The minimum atomic E-state index is 0.124. The van der Waals surface area contributed by atoms with Crippen molar-refractivity contribution in [3.63, 3.8) is 0 Å². The molecule has 2 aliphatic rings. The third kappa shape index (κ3) is 3.26. The Hall–Kier alpha value is -1.62. The van der Waals surface area contributed by atoms with Gasteiger partial charge in [0.2, 0.25) is 5.91 Å². The minimum Gasteiger partial charge on any atom is -0.310 e. The van der Waals surface area contributed by atoms with Crippen molar-refractivity contribution >= 4 is 27.7 Å². The Morgan fingerprint density at radius 3 is 2.68 bits per heavy atom. The Morgan fingerprint density at radius 2 is 2.04 bits per heavy atom. The molecule has 0 radical (unpaired) electrons. The number of hydrogen-bond acceptors (Lipinski definition) is 2. The number of rotatable bonds is 4. The lowest BCUT2D eigenvalue weighted by Crippen LogP contribution is -2.21. The summed E-state index contributed by atoms with van der Waals surface area (Å²) in [4.78, 5) is 12.7. The molecule has 2 aromatic rings. The van der Waals surface area contributed by atoms with Crippen LogP contribution in [0.3, 0.4) is 0 Å². The molecular formula is C20H24BrN3O. The molecule has 0 aliphatic heterocycles.